The first-order valence-corrected chi connectivity index (χ1v) is 5.59. The van der Waals surface area contributed by atoms with Crippen molar-refractivity contribution >= 4 is 6.29 Å². The van der Waals surface area contributed by atoms with Gasteiger partial charge in [-0.2, -0.15) is 0 Å². The van der Waals surface area contributed by atoms with Crippen molar-refractivity contribution in [2.24, 2.45) is 0 Å². The molecule has 82 valence electrons. The molecule has 0 saturated carbocycles. The summed E-state index contributed by atoms with van der Waals surface area (Å²) >= 11 is 0. The molecular weight excluding hydrogens is 188 g/mol. The van der Waals surface area contributed by atoms with E-state index in [1.165, 1.54) is 6.42 Å². The lowest BCUT2D eigenvalue weighted by Gasteiger charge is -2.17. The number of aryl methyl sites for hydroxylation is 1. The lowest BCUT2D eigenvalue weighted by molar-refractivity contribution is 0.111. The predicted molar refractivity (Wildman–Crippen MR) is 59.3 cm³/mol. The molecule has 15 heavy (non-hydrogen) atoms. The highest BCUT2D eigenvalue weighted by atomic mass is 16.1. The Balaban J connectivity index is 2.56. The summed E-state index contributed by atoms with van der Waals surface area (Å²) in [6.07, 6.45) is 4.33. The highest BCUT2D eigenvalue weighted by Crippen LogP contribution is 2.27. The van der Waals surface area contributed by atoms with Gasteiger partial charge in [0.25, 0.3) is 0 Å². The number of carbonyl (C=O) groups excluding carboxylic acids is 1. The molecule has 0 atom stereocenters. The van der Waals surface area contributed by atoms with E-state index in [-0.39, 0.29) is 5.41 Å². The van der Waals surface area contributed by atoms with Crippen molar-refractivity contribution in [2.75, 3.05) is 0 Å². The van der Waals surface area contributed by atoms with Crippen molar-refractivity contribution in [1.82, 2.24) is 9.55 Å². The van der Waals surface area contributed by atoms with Crippen LogP contribution < -0.4 is 0 Å². The highest BCUT2D eigenvalue weighted by molar-refractivity contribution is 5.75. The molecule has 0 aromatic carbocycles. The Kier molecular flexibility index (Phi) is 2.41. The summed E-state index contributed by atoms with van der Waals surface area (Å²) < 4.78 is 2.09. The second kappa shape index (κ2) is 3.47. The third kappa shape index (κ3) is 1.71. The van der Waals surface area contributed by atoms with E-state index in [4.69, 9.17) is 0 Å². The third-order valence-corrected chi connectivity index (χ3v) is 2.94. The molecule has 3 heteroatoms. The molecule has 3 nitrogen and oxygen atoms in total. The Morgan fingerprint density at radius 1 is 1.33 bits per heavy atom. The lowest BCUT2D eigenvalue weighted by atomic mass is 9.91. The molecule has 0 fully saturated rings. The molecule has 2 rings (SSSR count). The second-order valence-electron chi connectivity index (χ2n) is 5.24. The SMILES string of the molecule is CC(C)(C)c1nc2n(c1C=O)CCCC2. The first-order chi connectivity index (χ1) is 7.04. The van der Waals surface area contributed by atoms with Crippen LogP contribution in [-0.4, -0.2) is 15.8 Å². The minimum Gasteiger partial charge on any atom is -0.326 e. The number of hydrogen-bond acceptors (Lipinski definition) is 2. The van der Waals surface area contributed by atoms with Crippen LogP contribution in [0.25, 0.3) is 0 Å². The van der Waals surface area contributed by atoms with Crippen molar-refractivity contribution in [1.29, 1.82) is 0 Å². The molecule has 0 amide bonds. The monoisotopic (exact) mass is 206 g/mol. The van der Waals surface area contributed by atoms with Gasteiger partial charge in [-0.05, 0) is 12.8 Å². The van der Waals surface area contributed by atoms with E-state index in [2.05, 4.69) is 30.3 Å². The number of aldehydes is 1. The minimum absolute atomic E-state index is 0.0411. The summed E-state index contributed by atoms with van der Waals surface area (Å²) in [4.78, 5) is 15.8. The predicted octanol–water partition coefficient (Wildman–Crippen LogP) is 2.33. The number of carbonyl (C=O) groups is 1. The van der Waals surface area contributed by atoms with E-state index in [9.17, 15) is 4.79 Å². The highest BCUT2D eigenvalue weighted by Gasteiger charge is 2.26. The van der Waals surface area contributed by atoms with Gasteiger partial charge in [-0.15, -0.1) is 0 Å². The molecule has 0 saturated heterocycles. The zero-order valence-electron chi connectivity index (χ0n) is 9.71. The largest absolute Gasteiger partial charge is 0.326 e. The molecule has 1 aromatic heterocycles. The number of fused-ring (bicyclic) bond motifs is 1. The molecule has 0 bridgehead atoms. The van der Waals surface area contributed by atoms with E-state index in [0.29, 0.717) is 0 Å². The number of rotatable bonds is 1. The molecule has 0 radical (unpaired) electrons. The van der Waals surface area contributed by atoms with Crippen LogP contribution in [0.5, 0.6) is 0 Å². The number of hydrogen-bond donors (Lipinski definition) is 0. The van der Waals surface area contributed by atoms with Gasteiger partial charge in [-0.25, -0.2) is 4.98 Å². The van der Waals surface area contributed by atoms with E-state index in [1.54, 1.807) is 0 Å². The zero-order chi connectivity index (χ0) is 11.1. The van der Waals surface area contributed by atoms with Gasteiger partial charge in [0.1, 0.15) is 11.5 Å². The maximum absolute atomic E-state index is 11.1. The van der Waals surface area contributed by atoms with Gasteiger partial charge in [0, 0.05) is 18.4 Å². The number of nitrogens with zero attached hydrogens (tertiary/aromatic N) is 2. The van der Waals surface area contributed by atoms with E-state index < -0.39 is 0 Å². The van der Waals surface area contributed by atoms with Gasteiger partial charge in [-0.1, -0.05) is 20.8 Å². The average Bonchev–Trinajstić information content (AvgIpc) is 2.55. The van der Waals surface area contributed by atoms with E-state index in [0.717, 1.165) is 42.9 Å². The fraction of sp³-hybridized carbons (Fsp3) is 0.667. The summed E-state index contributed by atoms with van der Waals surface area (Å²) in [5.41, 5.74) is 1.70. The molecule has 0 spiro atoms. The molecule has 0 unspecified atom stereocenters. The smallest absolute Gasteiger partial charge is 0.168 e. The molecular formula is C12H18N2O. The quantitative estimate of drug-likeness (QED) is 0.661. The van der Waals surface area contributed by atoms with E-state index >= 15 is 0 Å². The Morgan fingerprint density at radius 2 is 2.07 bits per heavy atom. The van der Waals surface area contributed by atoms with Crippen molar-refractivity contribution in [3.8, 4) is 0 Å². The summed E-state index contributed by atoms with van der Waals surface area (Å²) in [5, 5.41) is 0. The van der Waals surface area contributed by atoms with Crippen LogP contribution in [0.2, 0.25) is 0 Å². The normalized spacial score (nSPS) is 16.2. The Hall–Kier alpha value is -1.12. The zero-order valence-corrected chi connectivity index (χ0v) is 9.71. The van der Waals surface area contributed by atoms with Gasteiger partial charge >= 0.3 is 0 Å². The van der Waals surface area contributed by atoms with Crippen LogP contribution in [0, 0.1) is 0 Å². The van der Waals surface area contributed by atoms with Gasteiger partial charge < -0.3 is 4.57 Å². The molecule has 2 heterocycles. The maximum Gasteiger partial charge on any atom is 0.168 e. The Labute approximate surface area is 90.5 Å². The lowest BCUT2D eigenvalue weighted by Crippen LogP contribution is -2.16. The van der Waals surface area contributed by atoms with Gasteiger partial charge in [0.2, 0.25) is 0 Å². The first-order valence-electron chi connectivity index (χ1n) is 5.59. The van der Waals surface area contributed by atoms with Gasteiger partial charge in [0.05, 0.1) is 5.69 Å². The van der Waals surface area contributed by atoms with Gasteiger partial charge in [0.15, 0.2) is 6.29 Å². The average molecular weight is 206 g/mol. The fourth-order valence-electron chi connectivity index (χ4n) is 2.18. The van der Waals surface area contributed by atoms with Crippen LogP contribution in [0.15, 0.2) is 0 Å². The summed E-state index contributed by atoms with van der Waals surface area (Å²) in [7, 11) is 0. The van der Waals surface area contributed by atoms with Crippen molar-refractivity contribution in [3.63, 3.8) is 0 Å². The van der Waals surface area contributed by atoms with E-state index in [1.807, 2.05) is 0 Å². The second-order valence-corrected chi connectivity index (χ2v) is 5.24. The van der Waals surface area contributed by atoms with Crippen LogP contribution in [0.1, 0.15) is 55.6 Å². The van der Waals surface area contributed by atoms with Crippen molar-refractivity contribution < 1.29 is 4.79 Å². The van der Waals surface area contributed by atoms with Crippen LogP contribution in [0.3, 0.4) is 0 Å². The van der Waals surface area contributed by atoms with Crippen molar-refractivity contribution in [3.05, 3.63) is 17.2 Å². The maximum atomic E-state index is 11.1. The van der Waals surface area contributed by atoms with Crippen LogP contribution in [0.4, 0.5) is 0 Å². The molecule has 0 aliphatic carbocycles. The molecule has 0 N–H and O–H groups in total. The van der Waals surface area contributed by atoms with Crippen LogP contribution in [-0.2, 0) is 18.4 Å². The molecule has 1 aromatic rings. The molecule has 1 aliphatic rings. The Bertz CT molecular complexity index is 385. The molecule has 1 aliphatic heterocycles. The number of imidazole rings is 1. The standard InChI is InChI=1S/C12H18N2O/c1-12(2,3)11-9(8-15)14-7-5-4-6-10(14)13-11/h8H,4-7H2,1-3H3. The Morgan fingerprint density at radius 3 is 2.67 bits per heavy atom. The first kappa shape index (κ1) is 10.4. The minimum atomic E-state index is -0.0411. The summed E-state index contributed by atoms with van der Waals surface area (Å²) in [5.74, 6) is 1.09. The summed E-state index contributed by atoms with van der Waals surface area (Å²) in [6, 6.07) is 0. The van der Waals surface area contributed by atoms with Crippen molar-refractivity contribution in [2.45, 2.75) is 52.0 Å². The number of aromatic nitrogens is 2. The van der Waals surface area contributed by atoms with Gasteiger partial charge in [-0.3, -0.25) is 4.79 Å². The third-order valence-electron chi connectivity index (χ3n) is 2.94. The van der Waals surface area contributed by atoms with Crippen LogP contribution >= 0.6 is 0 Å². The topological polar surface area (TPSA) is 34.9 Å². The fourth-order valence-corrected chi connectivity index (χ4v) is 2.18. The summed E-state index contributed by atoms with van der Waals surface area (Å²) in [6.45, 7) is 7.27.